The highest BCUT2D eigenvalue weighted by Crippen LogP contribution is 2.31. The van der Waals surface area contributed by atoms with Crippen LogP contribution in [0.25, 0.3) is 0 Å². The summed E-state index contributed by atoms with van der Waals surface area (Å²) < 4.78 is 19.5. The third-order valence-corrected chi connectivity index (χ3v) is 3.66. The summed E-state index contributed by atoms with van der Waals surface area (Å²) in [5.41, 5.74) is 0. The fourth-order valence-corrected chi connectivity index (χ4v) is 2.88. The minimum atomic E-state index is -0.488. The number of anilines is 1. The van der Waals surface area contributed by atoms with E-state index in [1.54, 1.807) is 0 Å². The van der Waals surface area contributed by atoms with Crippen molar-refractivity contribution in [1.82, 2.24) is 9.97 Å². The number of nitrogens with zero attached hydrogens (tertiary/aromatic N) is 2. The molecule has 1 aromatic rings. The quantitative estimate of drug-likeness (QED) is 0.895. The molecule has 0 aliphatic heterocycles. The first-order valence-electron chi connectivity index (χ1n) is 7.51. The monoisotopic (exact) mass is 281 g/mol. The molecule has 0 aromatic carbocycles. The second kappa shape index (κ2) is 6.86. The van der Waals surface area contributed by atoms with Crippen molar-refractivity contribution in [2.75, 3.05) is 11.9 Å². The van der Waals surface area contributed by atoms with E-state index in [-0.39, 0.29) is 12.0 Å². The van der Waals surface area contributed by atoms with Crippen LogP contribution in [0.15, 0.2) is 6.20 Å². The molecule has 0 bridgehead atoms. The molecule has 1 fully saturated rings. The molecule has 1 aliphatic carbocycles. The zero-order valence-corrected chi connectivity index (χ0v) is 12.5. The van der Waals surface area contributed by atoms with E-state index in [2.05, 4.69) is 36.1 Å². The minimum absolute atomic E-state index is 0.0529. The lowest BCUT2D eigenvalue weighted by Gasteiger charge is -2.31. The molecule has 1 aliphatic rings. The van der Waals surface area contributed by atoms with E-state index in [1.165, 1.54) is 12.6 Å². The molecule has 5 heteroatoms. The summed E-state index contributed by atoms with van der Waals surface area (Å²) >= 11 is 0. The first-order chi connectivity index (χ1) is 9.58. The Morgan fingerprint density at radius 1 is 1.30 bits per heavy atom. The second-order valence-corrected chi connectivity index (χ2v) is 5.93. The highest BCUT2D eigenvalue weighted by Gasteiger charge is 2.26. The van der Waals surface area contributed by atoms with Gasteiger partial charge in [-0.05, 0) is 37.5 Å². The van der Waals surface area contributed by atoms with Gasteiger partial charge < -0.3 is 10.1 Å². The Balaban J connectivity index is 2.03. The fraction of sp³-hybridized carbons (Fsp3) is 0.733. The summed E-state index contributed by atoms with van der Waals surface area (Å²) in [5, 5.41) is 3.05. The number of nitrogens with one attached hydrogen (secondary N) is 1. The van der Waals surface area contributed by atoms with Gasteiger partial charge in [-0.2, -0.15) is 9.37 Å². The number of ether oxygens (including phenoxy) is 1. The third kappa shape index (κ3) is 4.05. The van der Waals surface area contributed by atoms with Gasteiger partial charge in [0.05, 0.1) is 6.20 Å². The van der Waals surface area contributed by atoms with Gasteiger partial charge in [0.1, 0.15) is 6.10 Å². The highest BCUT2D eigenvalue weighted by atomic mass is 19.1. The molecule has 0 saturated heterocycles. The molecular weight excluding hydrogens is 257 g/mol. The van der Waals surface area contributed by atoms with E-state index >= 15 is 0 Å². The fourth-order valence-electron chi connectivity index (χ4n) is 2.88. The van der Waals surface area contributed by atoms with Crippen LogP contribution in [-0.4, -0.2) is 22.6 Å². The van der Waals surface area contributed by atoms with Gasteiger partial charge in [0.25, 0.3) is 5.88 Å². The van der Waals surface area contributed by atoms with E-state index in [1.807, 2.05) is 0 Å². The van der Waals surface area contributed by atoms with Crippen LogP contribution in [0.2, 0.25) is 0 Å². The topological polar surface area (TPSA) is 47.0 Å². The van der Waals surface area contributed by atoms with E-state index in [9.17, 15) is 4.39 Å². The van der Waals surface area contributed by atoms with Crippen LogP contribution in [0.3, 0.4) is 0 Å². The third-order valence-electron chi connectivity index (χ3n) is 3.66. The lowest BCUT2D eigenvalue weighted by molar-refractivity contribution is 0.0923. The van der Waals surface area contributed by atoms with Gasteiger partial charge in [-0.1, -0.05) is 20.8 Å². The van der Waals surface area contributed by atoms with Crippen LogP contribution >= 0.6 is 0 Å². The molecule has 1 saturated carbocycles. The molecule has 112 valence electrons. The van der Waals surface area contributed by atoms with Gasteiger partial charge in [-0.15, -0.1) is 0 Å². The molecule has 0 spiro atoms. The Kier molecular flexibility index (Phi) is 5.15. The molecule has 2 unspecified atom stereocenters. The smallest absolute Gasteiger partial charge is 0.255 e. The summed E-state index contributed by atoms with van der Waals surface area (Å²) in [5.74, 6) is 1.25. The molecule has 1 heterocycles. The van der Waals surface area contributed by atoms with Crippen molar-refractivity contribution in [2.24, 2.45) is 11.8 Å². The average Bonchev–Trinajstić information content (AvgIpc) is 2.38. The SMILES string of the molecule is CCCNc1ncc(F)c(OC2CC(C)CC(C)C2)n1. The number of hydrogen-bond acceptors (Lipinski definition) is 4. The number of rotatable bonds is 5. The predicted octanol–water partition coefficient (Wildman–Crippen LogP) is 3.64. The van der Waals surface area contributed by atoms with Crippen LogP contribution in [0, 0.1) is 17.7 Å². The summed E-state index contributed by atoms with van der Waals surface area (Å²) in [6, 6.07) is 0. The van der Waals surface area contributed by atoms with Crippen LogP contribution < -0.4 is 10.1 Å². The van der Waals surface area contributed by atoms with Gasteiger partial charge in [0.2, 0.25) is 11.8 Å². The molecule has 4 nitrogen and oxygen atoms in total. The van der Waals surface area contributed by atoms with Crippen molar-refractivity contribution < 1.29 is 9.13 Å². The van der Waals surface area contributed by atoms with E-state index in [4.69, 9.17) is 4.74 Å². The normalized spacial score (nSPS) is 26.3. The van der Waals surface area contributed by atoms with Gasteiger partial charge in [-0.25, -0.2) is 4.98 Å². The summed E-state index contributed by atoms with van der Waals surface area (Å²) in [4.78, 5) is 8.06. The zero-order valence-electron chi connectivity index (χ0n) is 12.5. The van der Waals surface area contributed by atoms with Crippen molar-refractivity contribution in [3.8, 4) is 5.88 Å². The number of aromatic nitrogens is 2. The maximum atomic E-state index is 13.8. The highest BCUT2D eigenvalue weighted by molar-refractivity contribution is 5.28. The van der Waals surface area contributed by atoms with Crippen molar-refractivity contribution in [3.05, 3.63) is 12.0 Å². The molecule has 1 aromatic heterocycles. The predicted molar refractivity (Wildman–Crippen MR) is 77.4 cm³/mol. The molecule has 0 amide bonds. The molecule has 1 N–H and O–H groups in total. The van der Waals surface area contributed by atoms with Gasteiger partial charge in [0, 0.05) is 6.54 Å². The van der Waals surface area contributed by atoms with Crippen LogP contribution in [0.1, 0.15) is 46.5 Å². The maximum Gasteiger partial charge on any atom is 0.255 e. The van der Waals surface area contributed by atoms with E-state index < -0.39 is 5.82 Å². The van der Waals surface area contributed by atoms with Gasteiger partial charge in [0.15, 0.2) is 0 Å². The Hall–Kier alpha value is -1.39. The first-order valence-corrected chi connectivity index (χ1v) is 7.51. The average molecular weight is 281 g/mol. The number of hydrogen-bond donors (Lipinski definition) is 1. The first kappa shape index (κ1) is 15.0. The van der Waals surface area contributed by atoms with Gasteiger partial charge >= 0.3 is 0 Å². The Bertz CT molecular complexity index is 431. The van der Waals surface area contributed by atoms with Crippen molar-refractivity contribution >= 4 is 5.95 Å². The van der Waals surface area contributed by atoms with Crippen molar-refractivity contribution in [1.29, 1.82) is 0 Å². The molecular formula is C15H24FN3O. The molecule has 0 radical (unpaired) electrons. The minimum Gasteiger partial charge on any atom is -0.472 e. The van der Waals surface area contributed by atoms with E-state index in [0.717, 1.165) is 25.8 Å². The Labute approximate surface area is 120 Å². The number of halogens is 1. The van der Waals surface area contributed by atoms with Crippen molar-refractivity contribution in [3.63, 3.8) is 0 Å². The van der Waals surface area contributed by atoms with E-state index in [0.29, 0.717) is 17.8 Å². The standard InChI is InChI=1S/C15H24FN3O/c1-4-5-17-15-18-9-13(16)14(19-15)20-12-7-10(2)6-11(3)8-12/h9-12H,4-8H2,1-3H3,(H,17,18,19). The Morgan fingerprint density at radius 3 is 2.65 bits per heavy atom. The maximum absolute atomic E-state index is 13.8. The largest absolute Gasteiger partial charge is 0.472 e. The molecule has 2 atom stereocenters. The molecule has 20 heavy (non-hydrogen) atoms. The molecule has 2 rings (SSSR count). The van der Waals surface area contributed by atoms with Gasteiger partial charge in [-0.3, -0.25) is 0 Å². The van der Waals surface area contributed by atoms with Crippen molar-refractivity contribution in [2.45, 2.75) is 52.6 Å². The van der Waals surface area contributed by atoms with Crippen LogP contribution in [0.5, 0.6) is 5.88 Å². The zero-order chi connectivity index (χ0) is 14.5. The lowest BCUT2D eigenvalue weighted by Crippen LogP contribution is -2.29. The lowest BCUT2D eigenvalue weighted by atomic mass is 9.82. The summed E-state index contributed by atoms with van der Waals surface area (Å²) in [7, 11) is 0. The Morgan fingerprint density at radius 2 is 2.00 bits per heavy atom. The summed E-state index contributed by atoms with van der Waals surface area (Å²) in [6.07, 6.45) is 5.34. The summed E-state index contributed by atoms with van der Waals surface area (Å²) in [6.45, 7) is 7.26. The van der Waals surface area contributed by atoms with Crippen LogP contribution in [0.4, 0.5) is 10.3 Å². The second-order valence-electron chi connectivity index (χ2n) is 5.93. The van der Waals surface area contributed by atoms with Crippen LogP contribution in [-0.2, 0) is 0 Å².